The number of aromatic hydroxyl groups is 2. The molecule has 0 unspecified atom stereocenters. The van der Waals surface area contributed by atoms with Gasteiger partial charge in [-0.25, -0.2) is 4.39 Å². The number of benzene rings is 2. The van der Waals surface area contributed by atoms with Gasteiger partial charge in [-0.05, 0) is 35.9 Å². The molecule has 0 heterocycles. The Morgan fingerprint density at radius 1 is 1.20 bits per heavy atom. The van der Waals surface area contributed by atoms with Gasteiger partial charge in [-0.2, -0.15) is 0 Å². The number of carbonyl (C=O) groups excluding carboxylic acids is 1. The number of hydrogen-bond donors (Lipinski definition) is 2. The summed E-state index contributed by atoms with van der Waals surface area (Å²) in [7, 11) is 1.54. The molecule has 0 bridgehead atoms. The topological polar surface area (TPSA) is 60.8 Å². The second-order valence-electron chi connectivity index (χ2n) is 4.49. The molecule has 0 atom stereocenters. The van der Waals surface area contributed by atoms with Crippen LogP contribution in [-0.4, -0.2) is 28.1 Å². The monoisotopic (exact) mass is 275 g/mol. The molecule has 0 saturated carbocycles. The smallest absolute Gasteiger partial charge is 0.257 e. The van der Waals surface area contributed by atoms with Gasteiger partial charge in [0, 0.05) is 13.6 Å². The molecule has 104 valence electrons. The average molecular weight is 275 g/mol. The fourth-order valence-electron chi connectivity index (χ4n) is 1.88. The van der Waals surface area contributed by atoms with Crippen LogP contribution in [0.1, 0.15) is 15.9 Å². The first kappa shape index (κ1) is 13.9. The standard InChI is InChI=1S/C15H14FNO3/c1-17(9-10-3-2-4-11(16)7-10)15(20)13-8-12(18)5-6-14(13)19/h2-8,18-19H,9H2,1H3. The van der Waals surface area contributed by atoms with Crippen molar-refractivity contribution in [3.8, 4) is 11.5 Å². The Bertz CT molecular complexity index is 643. The van der Waals surface area contributed by atoms with Crippen molar-refractivity contribution in [2.45, 2.75) is 6.54 Å². The molecule has 0 aromatic heterocycles. The minimum Gasteiger partial charge on any atom is -0.508 e. The van der Waals surface area contributed by atoms with Crippen LogP contribution in [0.3, 0.4) is 0 Å². The van der Waals surface area contributed by atoms with Crippen LogP contribution in [-0.2, 0) is 6.54 Å². The number of phenols is 2. The van der Waals surface area contributed by atoms with Crippen molar-refractivity contribution in [3.63, 3.8) is 0 Å². The van der Waals surface area contributed by atoms with E-state index in [0.717, 1.165) is 0 Å². The maximum atomic E-state index is 13.1. The molecule has 0 aliphatic rings. The predicted molar refractivity (Wildman–Crippen MR) is 72.0 cm³/mol. The molecule has 0 aliphatic carbocycles. The molecule has 0 radical (unpaired) electrons. The molecule has 0 spiro atoms. The van der Waals surface area contributed by atoms with Gasteiger partial charge in [-0.3, -0.25) is 4.79 Å². The van der Waals surface area contributed by atoms with Crippen LogP contribution in [0.15, 0.2) is 42.5 Å². The lowest BCUT2D eigenvalue weighted by Crippen LogP contribution is -2.26. The highest BCUT2D eigenvalue weighted by atomic mass is 19.1. The maximum absolute atomic E-state index is 13.1. The third-order valence-corrected chi connectivity index (χ3v) is 2.87. The zero-order valence-corrected chi connectivity index (χ0v) is 10.9. The first-order valence-corrected chi connectivity index (χ1v) is 5.99. The molecule has 2 N–H and O–H groups in total. The van der Waals surface area contributed by atoms with E-state index in [0.29, 0.717) is 5.56 Å². The molecule has 2 aromatic carbocycles. The normalized spacial score (nSPS) is 10.3. The summed E-state index contributed by atoms with van der Waals surface area (Å²) in [5.74, 6) is -1.14. The van der Waals surface area contributed by atoms with Gasteiger partial charge in [-0.1, -0.05) is 12.1 Å². The molecule has 2 rings (SSSR count). The first-order valence-electron chi connectivity index (χ1n) is 5.99. The van der Waals surface area contributed by atoms with Crippen molar-refractivity contribution in [2.75, 3.05) is 7.05 Å². The van der Waals surface area contributed by atoms with E-state index < -0.39 is 5.91 Å². The lowest BCUT2D eigenvalue weighted by atomic mass is 10.1. The molecule has 0 aliphatic heterocycles. The van der Waals surface area contributed by atoms with Crippen LogP contribution in [0, 0.1) is 5.82 Å². The Morgan fingerprint density at radius 3 is 2.65 bits per heavy atom. The van der Waals surface area contributed by atoms with E-state index in [9.17, 15) is 19.4 Å². The molecule has 0 fully saturated rings. The summed E-state index contributed by atoms with van der Waals surface area (Å²) in [6, 6.07) is 9.67. The second kappa shape index (κ2) is 5.61. The highest BCUT2D eigenvalue weighted by molar-refractivity contribution is 5.97. The third-order valence-electron chi connectivity index (χ3n) is 2.87. The highest BCUT2D eigenvalue weighted by Crippen LogP contribution is 2.23. The fraction of sp³-hybridized carbons (Fsp3) is 0.133. The molecule has 4 nitrogen and oxygen atoms in total. The second-order valence-corrected chi connectivity index (χ2v) is 4.49. The van der Waals surface area contributed by atoms with E-state index in [1.807, 2.05) is 0 Å². The van der Waals surface area contributed by atoms with Crippen LogP contribution in [0.2, 0.25) is 0 Å². The van der Waals surface area contributed by atoms with Crippen molar-refractivity contribution in [2.24, 2.45) is 0 Å². The number of phenolic OH excluding ortho intramolecular Hbond substituents is 2. The predicted octanol–water partition coefficient (Wildman–Crippen LogP) is 2.51. The zero-order valence-electron chi connectivity index (χ0n) is 10.9. The molecular weight excluding hydrogens is 261 g/mol. The lowest BCUT2D eigenvalue weighted by molar-refractivity contribution is 0.0781. The largest absolute Gasteiger partial charge is 0.508 e. The number of halogens is 1. The van der Waals surface area contributed by atoms with Crippen molar-refractivity contribution in [1.29, 1.82) is 0 Å². The van der Waals surface area contributed by atoms with Crippen LogP contribution in [0.4, 0.5) is 4.39 Å². The van der Waals surface area contributed by atoms with Gasteiger partial charge in [0.05, 0.1) is 5.56 Å². The van der Waals surface area contributed by atoms with Gasteiger partial charge in [0.1, 0.15) is 17.3 Å². The zero-order chi connectivity index (χ0) is 14.7. The molecular formula is C15H14FNO3. The van der Waals surface area contributed by atoms with Crippen LogP contribution < -0.4 is 0 Å². The van der Waals surface area contributed by atoms with E-state index in [1.165, 1.54) is 42.3 Å². The Hall–Kier alpha value is -2.56. The minimum absolute atomic E-state index is 0.00361. The van der Waals surface area contributed by atoms with Crippen molar-refractivity contribution in [1.82, 2.24) is 4.90 Å². The van der Waals surface area contributed by atoms with Crippen molar-refractivity contribution in [3.05, 3.63) is 59.4 Å². The molecule has 20 heavy (non-hydrogen) atoms. The summed E-state index contributed by atoms with van der Waals surface area (Å²) in [6.45, 7) is 0.200. The Labute approximate surface area is 115 Å². The van der Waals surface area contributed by atoms with E-state index in [2.05, 4.69) is 0 Å². The Kier molecular flexibility index (Phi) is 3.89. The van der Waals surface area contributed by atoms with Gasteiger partial charge >= 0.3 is 0 Å². The summed E-state index contributed by atoms with van der Waals surface area (Å²) in [5.41, 5.74) is 0.643. The van der Waals surface area contributed by atoms with Gasteiger partial charge in [0.2, 0.25) is 0 Å². The van der Waals surface area contributed by atoms with Gasteiger partial charge in [0.25, 0.3) is 5.91 Å². The van der Waals surface area contributed by atoms with E-state index in [1.54, 1.807) is 12.1 Å². The molecule has 5 heteroatoms. The van der Waals surface area contributed by atoms with Crippen LogP contribution in [0.5, 0.6) is 11.5 Å². The molecule has 1 amide bonds. The maximum Gasteiger partial charge on any atom is 0.257 e. The van der Waals surface area contributed by atoms with E-state index >= 15 is 0 Å². The number of nitrogens with zero attached hydrogens (tertiary/aromatic N) is 1. The van der Waals surface area contributed by atoms with Crippen LogP contribution in [0.25, 0.3) is 0 Å². The molecule has 2 aromatic rings. The number of hydrogen-bond acceptors (Lipinski definition) is 3. The van der Waals surface area contributed by atoms with Crippen LogP contribution >= 0.6 is 0 Å². The van der Waals surface area contributed by atoms with Crippen molar-refractivity contribution >= 4 is 5.91 Å². The minimum atomic E-state index is -0.456. The summed E-state index contributed by atoms with van der Waals surface area (Å²) < 4.78 is 13.1. The highest BCUT2D eigenvalue weighted by Gasteiger charge is 2.16. The SMILES string of the molecule is CN(Cc1cccc(F)c1)C(=O)c1cc(O)ccc1O. The number of carbonyl (C=O) groups is 1. The quantitative estimate of drug-likeness (QED) is 0.846. The fourth-order valence-corrected chi connectivity index (χ4v) is 1.88. The van der Waals surface area contributed by atoms with Gasteiger partial charge in [0.15, 0.2) is 0 Å². The molecule has 0 saturated heterocycles. The average Bonchev–Trinajstić information content (AvgIpc) is 2.40. The summed E-state index contributed by atoms with van der Waals surface area (Å²) in [6.07, 6.45) is 0. The summed E-state index contributed by atoms with van der Waals surface area (Å²) >= 11 is 0. The van der Waals surface area contributed by atoms with E-state index in [4.69, 9.17) is 0 Å². The third kappa shape index (κ3) is 3.06. The van der Waals surface area contributed by atoms with Crippen molar-refractivity contribution < 1.29 is 19.4 Å². The first-order chi connectivity index (χ1) is 9.47. The van der Waals surface area contributed by atoms with Gasteiger partial charge < -0.3 is 15.1 Å². The number of amides is 1. The Balaban J connectivity index is 2.18. The lowest BCUT2D eigenvalue weighted by Gasteiger charge is -2.18. The van der Waals surface area contributed by atoms with E-state index in [-0.39, 0.29) is 29.4 Å². The number of rotatable bonds is 3. The Morgan fingerprint density at radius 2 is 1.95 bits per heavy atom. The van der Waals surface area contributed by atoms with Gasteiger partial charge in [-0.15, -0.1) is 0 Å². The summed E-state index contributed by atoms with van der Waals surface area (Å²) in [4.78, 5) is 13.5. The summed E-state index contributed by atoms with van der Waals surface area (Å²) in [5, 5.41) is 19.0.